The fourth-order valence-electron chi connectivity index (χ4n) is 3.43. The van der Waals surface area contributed by atoms with Crippen molar-refractivity contribution in [3.05, 3.63) is 0 Å². The minimum absolute atomic E-state index is 0.0485. The molecule has 0 aromatic rings. The number of piperidine rings is 1. The van der Waals surface area contributed by atoms with Gasteiger partial charge in [-0.25, -0.2) is 0 Å². The second kappa shape index (κ2) is 3.19. The summed E-state index contributed by atoms with van der Waals surface area (Å²) >= 11 is 0. The summed E-state index contributed by atoms with van der Waals surface area (Å²) in [5, 5.41) is 13.1. The van der Waals surface area contributed by atoms with E-state index >= 15 is 0 Å². The lowest BCUT2D eigenvalue weighted by atomic mass is 9.83. The molecule has 4 nitrogen and oxygen atoms in total. The van der Waals surface area contributed by atoms with Crippen molar-refractivity contribution in [1.82, 2.24) is 4.90 Å². The van der Waals surface area contributed by atoms with Crippen LogP contribution >= 0.6 is 0 Å². The Morgan fingerprint density at radius 1 is 1.47 bits per heavy atom. The Morgan fingerprint density at radius 2 is 2.13 bits per heavy atom. The quantitative estimate of drug-likeness (QED) is 0.694. The molecule has 3 aliphatic heterocycles. The maximum Gasteiger partial charge on any atom is 0.146 e. The molecule has 4 heteroatoms. The van der Waals surface area contributed by atoms with Gasteiger partial charge in [0.15, 0.2) is 0 Å². The van der Waals surface area contributed by atoms with Gasteiger partial charge < -0.3 is 14.8 Å². The summed E-state index contributed by atoms with van der Waals surface area (Å²) in [4.78, 5) is 8.11. The zero-order chi connectivity index (χ0) is 10.5. The molecule has 0 aromatic carbocycles. The lowest BCUT2D eigenvalue weighted by Gasteiger charge is -2.41. The van der Waals surface area contributed by atoms with Gasteiger partial charge in [0.1, 0.15) is 5.60 Å². The van der Waals surface area contributed by atoms with E-state index in [-0.39, 0.29) is 12.2 Å². The molecule has 0 amide bonds. The van der Waals surface area contributed by atoms with Crippen LogP contribution in [0.4, 0.5) is 0 Å². The molecule has 0 saturated carbocycles. The first kappa shape index (κ1) is 9.60. The van der Waals surface area contributed by atoms with Gasteiger partial charge in [0.25, 0.3) is 0 Å². The molecule has 1 unspecified atom stereocenters. The first-order valence-corrected chi connectivity index (χ1v) is 5.79. The smallest absolute Gasteiger partial charge is 0.146 e. The van der Waals surface area contributed by atoms with Crippen LogP contribution in [0.5, 0.6) is 0 Å². The Kier molecular flexibility index (Phi) is 2.04. The molecular formula is C11H18N2O2. The summed E-state index contributed by atoms with van der Waals surface area (Å²) in [6.45, 7) is 0.0485. The first-order valence-electron chi connectivity index (χ1n) is 5.79. The van der Waals surface area contributed by atoms with Gasteiger partial charge in [-0.05, 0) is 19.9 Å². The topological polar surface area (TPSA) is 45.1 Å². The van der Waals surface area contributed by atoms with Crippen molar-refractivity contribution in [2.45, 2.75) is 49.8 Å². The summed E-state index contributed by atoms with van der Waals surface area (Å²) in [5.41, 5.74) is 0.745. The Hall–Kier alpha value is -0.610. The molecule has 15 heavy (non-hydrogen) atoms. The van der Waals surface area contributed by atoms with Crippen LogP contribution in [-0.2, 0) is 4.84 Å². The Labute approximate surface area is 89.9 Å². The molecule has 3 aliphatic rings. The van der Waals surface area contributed by atoms with E-state index in [1.807, 2.05) is 0 Å². The number of nitrogens with zero attached hydrogens (tertiary/aromatic N) is 2. The van der Waals surface area contributed by atoms with Gasteiger partial charge in [-0.1, -0.05) is 5.16 Å². The van der Waals surface area contributed by atoms with Crippen LogP contribution in [0.2, 0.25) is 0 Å². The van der Waals surface area contributed by atoms with Gasteiger partial charge in [-0.15, -0.1) is 0 Å². The van der Waals surface area contributed by atoms with Gasteiger partial charge in [0, 0.05) is 31.3 Å². The Balaban J connectivity index is 1.76. The van der Waals surface area contributed by atoms with E-state index in [0.717, 1.165) is 25.0 Å². The molecule has 84 valence electrons. The van der Waals surface area contributed by atoms with E-state index in [2.05, 4.69) is 17.1 Å². The summed E-state index contributed by atoms with van der Waals surface area (Å²) in [6, 6.07) is 1.33. The van der Waals surface area contributed by atoms with Gasteiger partial charge in [-0.3, -0.25) is 0 Å². The van der Waals surface area contributed by atoms with E-state index < -0.39 is 0 Å². The second-order valence-electron chi connectivity index (χ2n) is 5.23. The minimum Gasteiger partial charge on any atom is -0.390 e. The highest BCUT2D eigenvalue weighted by molar-refractivity contribution is 5.87. The molecule has 3 atom stereocenters. The van der Waals surface area contributed by atoms with Crippen molar-refractivity contribution < 1.29 is 9.94 Å². The van der Waals surface area contributed by atoms with Crippen LogP contribution in [0.15, 0.2) is 5.16 Å². The van der Waals surface area contributed by atoms with Crippen LogP contribution in [0.3, 0.4) is 0 Å². The highest BCUT2D eigenvalue weighted by Crippen LogP contribution is 2.45. The third kappa shape index (κ3) is 1.39. The van der Waals surface area contributed by atoms with Crippen molar-refractivity contribution in [3.63, 3.8) is 0 Å². The average molecular weight is 210 g/mol. The summed E-state index contributed by atoms with van der Waals surface area (Å²) < 4.78 is 0. The monoisotopic (exact) mass is 210 g/mol. The van der Waals surface area contributed by atoms with Crippen LogP contribution in [0, 0.1) is 0 Å². The highest BCUT2D eigenvalue weighted by Gasteiger charge is 2.51. The van der Waals surface area contributed by atoms with Crippen LogP contribution < -0.4 is 0 Å². The van der Waals surface area contributed by atoms with Gasteiger partial charge >= 0.3 is 0 Å². The second-order valence-corrected chi connectivity index (χ2v) is 5.23. The number of hydrogen-bond acceptors (Lipinski definition) is 4. The van der Waals surface area contributed by atoms with Gasteiger partial charge in [0.05, 0.1) is 12.3 Å². The van der Waals surface area contributed by atoms with E-state index in [1.165, 1.54) is 12.8 Å². The number of aliphatic hydroxyl groups excluding tert-OH is 1. The van der Waals surface area contributed by atoms with E-state index in [1.54, 1.807) is 0 Å². The zero-order valence-corrected chi connectivity index (χ0v) is 9.15. The van der Waals surface area contributed by atoms with Crippen LogP contribution in [0.25, 0.3) is 0 Å². The molecule has 0 radical (unpaired) electrons. The number of hydrogen-bond donors (Lipinski definition) is 1. The number of oxime groups is 1. The average Bonchev–Trinajstić information content (AvgIpc) is 2.69. The molecule has 1 spiro atoms. The van der Waals surface area contributed by atoms with Crippen molar-refractivity contribution in [2.75, 3.05) is 13.7 Å². The molecule has 0 aromatic heterocycles. The van der Waals surface area contributed by atoms with Crippen molar-refractivity contribution in [2.24, 2.45) is 5.16 Å². The van der Waals surface area contributed by atoms with E-state index in [0.29, 0.717) is 12.1 Å². The molecule has 0 aliphatic carbocycles. The normalized spacial score (nSPS) is 44.5. The van der Waals surface area contributed by atoms with Crippen molar-refractivity contribution in [3.8, 4) is 0 Å². The standard InChI is InChI=1S/C11H18N2O2/c1-13-9-2-3-10(13)6-11(5-9)4-8(7-14)12-15-11/h9-10,14H,2-7H2,1H3/t9-,10+,11?. The fraction of sp³-hybridized carbons (Fsp3) is 0.909. The van der Waals surface area contributed by atoms with Crippen molar-refractivity contribution in [1.29, 1.82) is 0 Å². The first-order chi connectivity index (χ1) is 7.22. The van der Waals surface area contributed by atoms with Crippen molar-refractivity contribution >= 4 is 5.71 Å². The maximum absolute atomic E-state index is 9.06. The van der Waals surface area contributed by atoms with Gasteiger partial charge in [-0.2, -0.15) is 0 Å². The predicted molar refractivity (Wildman–Crippen MR) is 56.8 cm³/mol. The fourth-order valence-corrected chi connectivity index (χ4v) is 3.43. The molecule has 1 N–H and O–H groups in total. The molecule has 3 heterocycles. The van der Waals surface area contributed by atoms with Crippen LogP contribution in [0.1, 0.15) is 32.1 Å². The summed E-state index contributed by atoms with van der Waals surface area (Å²) in [6.07, 6.45) is 5.58. The molecule has 3 rings (SSSR count). The number of fused-ring (bicyclic) bond motifs is 2. The minimum atomic E-state index is -0.0730. The van der Waals surface area contributed by atoms with E-state index in [4.69, 9.17) is 9.94 Å². The molecule has 2 bridgehead atoms. The third-order valence-corrected chi connectivity index (χ3v) is 4.28. The molecular weight excluding hydrogens is 192 g/mol. The SMILES string of the molecule is CN1[C@@H]2CC[C@H]1CC1(CC(CO)=NO1)C2. The lowest BCUT2D eigenvalue weighted by molar-refractivity contribution is -0.0789. The zero-order valence-electron chi connectivity index (χ0n) is 9.15. The van der Waals surface area contributed by atoms with E-state index in [9.17, 15) is 0 Å². The van der Waals surface area contributed by atoms with Crippen LogP contribution in [-0.4, -0.2) is 47.1 Å². The Bertz CT molecular complexity index is 289. The largest absolute Gasteiger partial charge is 0.390 e. The third-order valence-electron chi connectivity index (χ3n) is 4.28. The molecule has 2 fully saturated rings. The number of rotatable bonds is 1. The summed E-state index contributed by atoms with van der Waals surface area (Å²) in [7, 11) is 2.22. The summed E-state index contributed by atoms with van der Waals surface area (Å²) in [5.74, 6) is 0. The predicted octanol–water partition coefficient (Wildman–Crippen LogP) is 0.750. The Morgan fingerprint density at radius 3 is 2.67 bits per heavy atom. The number of aliphatic hydroxyl groups is 1. The lowest BCUT2D eigenvalue weighted by Crippen LogP contribution is -2.49. The molecule has 2 saturated heterocycles. The highest BCUT2D eigenvalue weighted by atomic mass is 16.7. The maximum atomic E-state index is 9.06. The van der Waals surface area contributed by atoms with Gasteiger partial charge in [0.2, 0.25) is 0 Å².